The average Bonchev–Trinajstić information content (AvgIpc) is 3.33. The molecule has 1 aromatic carbocycles. The number of rotatable bonds is 6. The summed E-state index contributed by atoms with van der Waals surface area (Å²) >= 11 is 6.38. The fourth-order valence-corrected chi connectivity index (χ4v) is 3.43. The van der Waals surface area contributed by atoms with Crippen LogP contribution in [0, 0.1) is 5.92 Å². The summed E-state index contributed by atoms with van der Waals surface area (Å²) in [6.07, 6.45) is 9.17. The first-order valence-corrected chi connectivity index (χ1v) is 8.81. The van der Waals surface area contributed by atoms with E-state index in [9.17, 15) is 0 Å². The zero-order chi connectivity index (χ0) is 14.7. The van der Waals surface area contributed by atoms with E-state index in [1.165, 1.54) is 50.5 Å². The lowest BCUT2D eigenvalue weighted by Gasteiger charge is -2.29. The van der Waals surface area contributed by atoms with Gasteiger partial charge in [-0.05, 0) is 50.5 Å². The molecular weight excluding hydrogens is 282 g/mol. The highest BCUT2D eigenvalue weighted by molar-refractivity contribution is 6.32. The Kier molecular flexibility index (Phi) is 5.07. The van der Waals surface area contributed by atoms with Gasteiger partial charge in [0, 0.05) is 18.2 Å². The SMILES string of the molecule is CCC1CCC(Oc2c(Cl)cccc2CNC2CC2)CC1. The summed E-state index contributed by atoms with van der Waals surface area (Å²) in [5.74, 6) is 1.80. The van der Waals surface area contributed by atoms with E-state index in [-0.39, 0.29) is 0 Å². The van der Waals surface area contributed by atoms with E-state index in [1.54, 1.807) is 0 Å². The van der Waals surface area contributed by atoms with Gasteiger partial charge in [-0.15, -0.1) is 0 Å². The second-order valence-electron chi connectivity index (χ2n) is 6.55. The van der Waals surface area contributed by atoms with Gasteiger partial charge in [0.05, 0.1) is 11.1 Å². The fraction of sp³-hybridized carbons (Fsp3) is 0.667. The van der Waals surface area contributed by atoms with Crippen molar-refractivity contribution in [3.63, 3.8) is 0 Å². The van der Waals surface area contributed by atoms with Gasteiger partial charge >= 0.3 is 0 Å². The summed E-state index contributed by atoms with van der Waals surface area (Å²) in [4.78, 5) is 0. The van der Waals surface area contributed by atoms with Gasteiger partial charge in [0.2, 0.25) is 0 Å². The molecular formula is C18H26ClNO. The van der Waals surface area contributed by atoms with Gasteiger partial charge < -0.3 is 10.1 Å². The van der Waals surface area contributed by atoms with E-state index in [0.29, 0.717) is 12.1 Å². The summed E-state index contributed by atoms with van der Waals surface area (Å²) in [5, 5.41) is 4.31. The van der Waals surface area contributed by atoms with E-state index in [0.717, 1.165) is 23.2 Å². The largest absolute Gasteiger partial charge is 0.489 e. The molecule has 0 unspecified atom stereocenters. The van der Waals surface area contributed by atoms with Crippen molar-refractivity contribution in [3.05, 3.63) is 28.8 Å². The maximum absolute atomic E-state index is 6.38. The minimum absolute atomic E-state index is 0.340. The van der Waals surface area contributed by atoms with Gasteiger partial charge in [-0.3, -0.25) is 0 Å². The molecule has 0 aromatic heterocycles. The number of ether oxygens (including phenoxy) is 1. The lowest BCUT2D eigenvalue weighted by atomic mass is 9.86. The Bertz CT molecular complexity index is 464. The lowest BCUT2D eigenvalue weighted by Crippen LogP contribution is -2.25. The van der Waals surface area contributed by atoms with Gasteiger partial charge in [0.15, 0.2) is 0 Å². The number of hydrogen-bond acceptors (Lipinski definition) is 2. The first-order valence-electron chi connectivity index (χ1n) is 8.43. The molecule has 0 aliphatic heterocycles. The first kappa shape index (κ1) is 15.2. The number of hydrogen-bond donors (Lipinski definition) is 1. The molecule has 21 heavy (non-hydrogen) atoms. The first-order chi connectivity index (χ1) is 10.3. The number of nitrogens with one attached hydrogen (secondary N) is 1. The summed E-state index contributed by atoms with van der Waals surface area (Å²) in [6, 6.07) is 6.80. The molecule has 0 amide bonds. The maximum Gasteiger partial charge on any atom is 0.142 e. The average molecular weight is 308 g/mol. The third-order valence-corrected chi connectivity index (χ3v) is 5.16. The lowest BCUT2D eigenvalue weighted by molar-refractivity contribution is 0.128. The number of benzene rings is 1. The van der Waals surface area contributed by atoms with Crippen LogP contribution in [-0.4, -0.2) is 12.1 Å². The Hall–Kier alpha value is -0.730. The van der Waals surface area contributed by atoms with Crippen molar-refractivity contribution in [2.45, 2.75) is 70.6 Å². The van der Waals surface area contributed by atoms with Crippen LogP contribution < -0.4 is 10.1 Å². The molecule has 2 aliphatic carbocycles. The van der Waals surface area contributed by atoms with Crippen molar-refractivity contribution < 1.29 is 4.74 Å². The molecule has 116 valence electrons. The fourth-order valence-electron chi connectivity index (χ4n) is 3.19. The standard InChI is InChI=1S/C18H26ClNO/c1-2-13-6-10-16(11-7-13)21-18-14(4-3-5-17(18)19)12-20-15-8-9-15/h3-5,13,15-16,20H,2,6-12H2,1H3. The summed E-state index contributed by atoms with van der Waals surface area (Å²) in [7, 11) is 0. The van der Waals surface area contributed by atoms with Crippen molar-refractivity contribution in [2.75, 3.05) is 0 Å². The van der Waals surface area contributed by atoms with Crippen LogP contribution >= 0.6 is 11.6 Å². The third kappa shape index (κ3) is 4.14. The van der Waals surface area contributed by atoms with Crippen molar-refractivity contribution in [1.82, 2.24) is 5.32 Å². The highest BCUT2D eigenvalue weighted by atomic mass is 35.5. The van der Waals surface area contributed by atoms with Crippen molar-refractivity contribution in [3.8, 4) is 5.75 Å². The summed E-state index contributed by atoms with van der Waals surface area (Å²) in [5.41, 5.74) is 1.20. The Morgan fingerprint density at radius 3 is 2.57 bits per heavy atom. The molecule has 3 rings (SSSR count). The molecule has 2 nitrogen and oxygen atoms in total. The minimum Gasteiger partial charge on any atom is -0.489 e. The summed E-state index contributed by atoms with van der Waals surface area (Å²) < 4.78 is 6.29. The van der Waals surface area contributed by atoms with Crippen molar-refractivity contribution in [2.24, 2.45) is 5.92 Å². The molecule has 0 spiro atoms. The molecule has 0 saturated heterocycles. The van der Waals surface area contributed by atoms with Crippen LogP contribution in [0.2, 0.25) is 5.02 Å². The molecule has 3 heteroatoms. The summed E-state index contributed by atoms with van der Waals surface area (Å²) in [6.45, 7) is 3.16. The topological polar surface area (TPSA) is 21.3 Å². The van der Waals surface area contributed by atoms with Crippen LogP contribution in [0.3, 0.4) is 0 Å². The Morgan fingerprint density at radius 2 is 1.90 bits per heavy atom. The Labute approximate surface area is 133 Å². The predicted octanol–water partition coefficient (Wildman–Crippen LogP) is 4.94. The quantitative estimate of drug-likeness (QED) is 0.803. The zero-order valence-electron chi connectivity index (χ0n) is 12.9. The van der Waals surface area contributed by atoms with Crippen LogP contribution in [0.25, 0.3) is 0 Å². The van der Waals surface area contributed by atoms with Gasteiger partial charge in [-0.25, -0.2) is 0 Å². The van der Waals surface area contributed by atoms with Crippen LogP contribution in [0.15, 0.2) is 18.2 Å². The van der Waals surface area contributed by atoms with Crippen LogP contribution in [0.4, 0.5) is 0 Å². The molecule has 0 atom stereocenters. The molecule has 1 N–H and O–H groups in total. The van der Waals surface area contributed by atoms with Gasteiger partial charge in [0.25, 0.3) is 0 Å². The monoisotopic (exact) mass is 307 g/mol. The number of para-hydroxylation sites is 1. The van der Waals surface area contributed by atoms with Crippen LogP contribution in [0.5, 0.6) is 5.75 Å². The molecule has 0 radical (unpaired) electrons. The molecule has 0 heterocycles. The van der Waals surface area contributed by atoms with Gasteiger partial charge in [0.1, 0.15) is 5.75 Å². The highest BCUT2D eigenvalue weighted by Gasteiger charge is 2.24. The zero-order valence-corrected chi connectivity index (χ0v) is 13.7. The Morgan fingerprint density at radius 1 is 1.14 bits per heavy atom. The maximum atomic E-state index is 6.38. The molecule has 2 aliphatic rings. The smallest absolute Gasteiger partial charge is 0.142 e. The van der Waals surface area contributed by atoms with Crippen LogP contribution in [-0.2, 0) is 6.54 Å². The Balaban J connectivity index is 1.63. The van der Waals surface area contributed by atoms with Gasteiger partial charge in [-0.1, -0.05) is 37.1 Å². The predicted molar refractivity (Wildman–Crippen MR) is 88.0 cm³/mol. The van der Waals surface area contributed by atoms with E-state index >= 15 is 0 Å². The molecule has 2 saturated carbocycles. The molecule has 0 bridgehead atoms. The van der Waals surface area contributed by atoms with Gasteiger partial charge in [-0.2, -0.15) is 0 Å². The molecule has 1 aromatic rings. The third-order valence-electron chi connectivity index (χ3n) is 4.86. The van der Waals surface area contributed by atoms with E-state index < -0.39 is 0 Å². The van der Waals surface area contributed by atoms with Crippen molar-refractivity contribution in [1.29, 1.82) is 0 Å². The van der Waals surface area contributed by atoms with E-state index in [2.05, 4.69) is 18.3 Å². The van der Waals surface area contributed by atoms with Crippen LogP contribution in [0.1, 0.15) is 57.4 Å². The van der Waals surface area contributed by atoms with E-state index in [4.69, 9.17) is 16.3 Å². The highest BCUT2D eigenvalue weighted by Crippen LogP contribution is 2.34. The molecule has 2 fully saturated rings. The van der Waals surface area contributed by atoms with Crippen molar-refractivity contribution >= 4 is 11.6 Å². The second-order valence-corrected chi connectivity index (χ2v) is 6.96. The van der Waals surface area contributed by atoms with E-state index in [1.807, 2.05) is 12.1 Å². The minimum atomic E-state index is 0.340. The number of halogens is 1. The second kappa shape index (κ2) is 7.02. The normalized spacial score (nSPS) is 25.8.